The van der Waals surface area contributed by atoms with Gasteiger partial charge in [-0.3, -0.25) is 0 Å². The lowest BCUT2D eigenvalue weighted by Gasteiger charge is -2.15. The Labute approximate surface area is 127 Å². The number of rotatable bonds is 9. The molecule has 0 aliphatic heterocycles. The predicted octanol–water partition coefficient (Wildman–Crippen LogP) is 5.19. The van der Waals surface area contributed by atoms with Crippen molar-refractivity contribution in [2.24, 2.45) is 11.8 Å². The molecule has 0 fully saturated rings. The fraction of sp³-hybridized carbons (Fsp3) is 0.625. The average Bonchev–Trinajstić information content (AvgIpc) is 2.39. The lowest BCUT2D eigenvalue weighted by atomic mass is 9.98. The third-order valence-corrected chi connectivity index (χ3v) is 4.00. The standard InChI is InChI=1S/C16H24Cl2O/c1-13(2)7-9-19-10-8-14(12-17)11-15-5-3-4-6-16(15)18/h3-6,13-14H,7-12H2,1-2H3. The van der Waals surface area contributed by atoms with Crippen LogP contribution in [0.5, 0.6) is 0 Å². The van der Waals surface area contributed by atoms with Crippen LogP contribution in [0.3, 0.4) is 0 Å². The van der Waals surface area contributed by atoms with Gasteiger partial charge in [-0.2, -0.15) is 0 Å². The molecule has 0 spiro atoms. The highest BCUT2D eigenvalue weighted by Crippen LogP contribution is 2.21. The Kier molecular flexibility index (Phi) is 8.52. The van der Waals surface area contributed by atoms with Crippen molar-refractivity contribution >= 4 is 23.2 Å². The summed E-state index contributed by atoms with van der Waals surface area (Å²) in [6.07, 6.45) is 3.04. The van der Waals surface area contributed by atoms with Crippen molar-refractivity contribution in [3.63, 3.8) is 0 Å². The van der Waals surface area contributed by atoms with Crippen molar-refractivity contribution in [1.29, 1.82) is 0 Å². The highest BCUT2D eigenvalue weighted by molar-refractivity contribution is 6.31. The molecule has 3 heteroatoms. The summed E-state index contributed by atoms with van der Waals surface area (Å²) in [5.41, 5.74) is 1.18. The van der Waals surface area contributed by atoms with Crippen molar-refractivity contribution in [2.75, 3.05) is 19.1 Å². The lowest BCUT2D eigenvalue weighted by molar-refractivity contribution is 0.112. The van der Waals surface area contributed by atoms with Gasteiger partial charge in [0.15, 0.2) is 0 Å². The van der Waals surface area contributed by atoms with E-state index in [1.54, 1.807) is 0 Å². The van der Waals surface area contributed by atoms with Crippen LogP contribution in [0.1, 0.15) is 32.3 Å². The average molecular weight is 303 g/mol. The molecule has 1 aromatic carbocycles. The van der Waals surface area contributed by atoms with Gasteiger partial charge >= 0.3 is 0 Å². The molecule has 0 saturated carbocycles. The summed E-state index contributed by atoms with van der Waals surface area (Å²) in [5.74, 6) is 1.78. The zero-order valence-corrected chi connectivity index (χ0v) is 13.4. The normalized spacial score (nSPS) is 12.9. The van der Waals surface area contributed by atoms with Crippen LogP contribution in [0.2, 0.25) is 5.02 Å². The second-order valence-electron chi connectivity index (χ2n) is 5.40. The van der Waals surface area contributed by atoms with Crippen LogP contribution in [0.15, 0.2) is 24.3 Å². The van der Waals surface area contributed by atoms with E-state index in [0.29, 0.717) is 17.7 Å². The van der Waals surface area contributed by atoms with Crippen LogP contribution in [0, 0.1) is 11.8 Å². The van der Waals surface area contributed by atoms with Crippen molar-refractivity contribution in [2.45, 2.75) is 33.1 Å². The number of benzene rings is 1. The fourth-order valence-electron chi connectivity index (χ4n) is 1.88. The van der Waals surface area contributed by atoms with E-state index in [1.807, 2.05) is 18.2 Å². The monoisotopic (exact) mass is 302 g/mol. The summed E-state index contributed by atoms with van der Waals surface area (Å²) in [6, 6.07) is 7.98. The smallest absolute Gasteiger partial charge is 0.0469 e. The maximum atomic E-state index is 6.17. The van der Waals surface area contributed by atoms with Gasteiger partial charge in [-0.15, -0.1) is 11.6 Å². The number of halogens is 2. The first-order valence-corrected chi connectivity index (χ1v) is 7.91. The Morgan fingerprint density at radius 1 is 1.11 bits per heavy atom. The van der Waals surface area contributed by atoms with Gasteiger partial charge < -0.3 is 4.74 Å². The third kappa shape index (κ3) is 7.20. The third-order valence-electron chi connectivity index (χ3n) is 3.19. The summed E-state index contributed by atoms with van der Waals surface area (Å²) >= 11 is 12.2. The molecule has 0 aromatic heterocycles. The van der Waals surface area contributed by atoms with Gasteiger partial charge in [-0.1, -0.05) is 43.6 Å². The van der Waals surface area contributed by atoms with Crippen molar-refractivity contribution in [1.82, 2.24) is 0 Å². The van der Waals surface area contributed by atoms with E-state index in [0.717, 1.165) is 37.5 Å². The quantitative estimate of drug-likeness (QED) is 0.450. The second kappa shape index (κ2) is 9.63. The van der Waals surface area contributed by atoms with E-state index in [-0.39, 0.29) is 0 Å². The molecule has 1 unspecified atom stereocenters. The number of ether oxygens (including phenoxy) is 1. The van der Waals surface area contributed by atoms with E-state index >= 15 is 0 Å². The maximum absolute atomic E-state index is 6.17. The van der Waals surface area contributed by atoms with Gasteiger partial charge in [-0.25, -0.2) is 0 Å². The van der Waals surface area contributed by atoms with E-state index < -0.39 is 0 Å². The van der Waals surface area contributed by atoms with E-state index in [2.05, 4.69) is 19.9 Å². The minimum atomic E-state index is 0.431. The largest absolute Gasteiger partial charge is 0.381 e. The Balaban J connectivity index is 2.28. The molecule has 1 rings (SSSR count). The SMILES string of the molecule is CC(C)CCOCCC(CCl)Cc1ccccc1Cl. The fourth-order valence-corrected chi connectivity index (χ4v) is 2.36. The Bertz CT molecular complexity index is 352. The van der Waals surface area contributed by atoms with Crippen molar-refractivity contribution in [3.05, 3.63) is 34.9 Å². The first kappa shape index (κ1) is 16.8. The molecular formula is C16H24Cl2O. The molecule has 0 amide bonds. The van der Waals surface area contributed by atoms with Gasteiger partial charge in [0.2, 0.25) is 0 Å². The molecule has 108 valence electrons. The number of alkyl halides is 1. The highest BCUT2D eigenvalue weighted by atomic mass is 35.5. The molecule has 19 heavy (non-hydrogen) atoms. The summed E-state index contributed by atoms with van der Waals surface area (Å²) in [6.45, 7) is 6.05. The first-order valence-electron chi connectivity index (χ1n) is 7.00. The van der Waals surface area contributed by atoms with Gasteiger partial charge in [0.1, 0.15) is 0 Å². The molecule has 0 bridgehead atoms. The van der Waals surface area contributed by atoms with E-state index in [1.165, 1.54) is 5.56 Å². The van der Waals surface area contributed by atoms with Gasteiger partial charge in [0, 0.05) is 24.1 Å². The van der Waals surface area contributed by atoms with Gasteiger partial charge in [0.05, 0.1) is 0 Å². The minimum absolute atomic E-state index is 0.431. The summed E-state index contributed by atoms with van der Waals surface area (Å²) in [4.78, 5) is 0. The lowest BCUT2D eigenvalue weighted by Crippen LogP contribution is -2.11. The molecule has 0 radical (unpaired) electrons. The minimum Gasteiger partial charge on any atom is -0.381 e. The zero-order valence-electron chi connectivity index (χ0n) is 11.9. The van der Waals surface area contributed by atoms with Crippen LogP contribution >= 0.6 is 23.2 Å². The van der Waals surface area contributed by atoms with E-state index in [9.17, 15) is 0 Å². The maximum Gasteiger partial charge on any atom is 0.0469 e. The Hall–Kier alpha value is -0.240. The number of hydrogen-bond donors (Lipinski definition) is 0. The van der Waals surface area contributed by atoms with E-state index in [4.69, 9.17) is 27.9 Å². The molecule has 1 nitrogen and oxygen atoms in total. The van der Waals surface area contributed by atoms with Crippen LogP contribution in [-0.4, -0.2) is 19.1 Å². The van der Waals surface area contributed by atoms with Crippen LogP contribution < -0.4 is 0 Å². The predicted molar refractivity (Wildman–Crippen MR) is 84.3 cm³/mol. The molecular weight excluding hydrogens is 279 g/mol. The first-order chi connectivity index (χ1) is 9.13. The molecule has 1 atom stereocenters. The summed E-state index contributed by atoms with van der Waals surface area (Å²) in [7, 11) is 0. The molecule has 0 aliphatic carbocycles. The Morgan fingerprint density at radius 2 is 1.79 bits per heavy atom. The highest BCUT2D eigenvalue weighted by Gasteiger charge is 2.10. The molecule has 0 N–H and O–H groups in total. The second-order valence-corrected chi connectivity index (χ2v) is 6.12. The topological polar surface area (TPSA) is 9.23 Å². The molecule has 0 aliphatic rings. The summed E-state index contributed by atoms with van der Waals surface area (Å²) in [5, 5.41) is 0.832. The van der Waals surface area contributed by atoms with Crippen LogP contribution in [0.25, 0.3) is 0 Å². The summed E-state index contributed by atoms with van der Waals surface area (Å²) < 4.78 is 5.65. The van der Waals surface area contributed by atoms with Gasteiger partial charge in [-0.05, 0) is 42.7 Å². The van der Waals surface area contributed by atoms with Crippen molar-refractivity contribution in [3.8, 4) is 0 Å². The molecule has 1 aromatic rings. The molecule has 0 saturated heterocycles. The zero-order chi connectivity index (χ0) is 14.1. The van der Waals surface area contributed by atoms with Gasteiger partial charge in [0.25, 0.3) is 0 Å². The van der Waals surface area contributed by atoms with Crippen LogP contribution in [-0.2, 0) is 11.2 Å². The Morgan fingerprint density at radius 3 is 2.42 bits per heavy atom. The number of hydrogen-bond acceptors (Lipinski definition) is 1. The van der Waals surface area contributed by atoms with Crippen molar-refractivity contribution < 1.29 is 4.74 Å². The molecule has 0 heterocycles. The van der Waals surface area contributed by atoms with Crippen LogP contribution in [0.4, 0.5) is 0 Å².